The molecule has 1 fully saturated rings. The summed E-state index contributed by atoms with van der Waals surface area (Å²) in [5.74, 6) is 1.02. The molecule has 1 unspecified atom stereocenters. The van der Waals surface area contributed by atoms with Crippen molar-refractivity contribution in [2.45, 2.75) is 36.6 Å². The maximum Gasteiger partial charge on any atom is 0.243 e. The standard InChI is InChI=1S/C22H24N2O6S/c25-14-22-24(19-4-2-1-3-16(19)15-30-22)17-7-9-23(10-8-17)31(26,27)18-5-6-20-21(13-18)29-12-11-28-20/h1-6,13-14,17,22H,7-12,15H2. The molecule has 2 aromatic carbocycles. The number of piperidine rings is 1. The smallest absolute Gasteiger partial charge is 0.243 e. The SMILES string of the molecule is O=CC1OCc2ccccc2N1C1CCN(S(=O)(=O)c2ccc3c(c2)OCCO3)CC1. The first-order valence-electron chi connectivity index (χ1n) is 10.4. The molecule has 3 heterocycles. The number of nitrogens with zero attached hydrogens (tertiary/aromatic N) is 2. The van der Waals surface area contributed by atoms with Crippen LogP contribution in [0.5, 0.6) is 11.5 Å². The summed E-state index contributed by atoms with van der Waals surface area (Å²) >= 11 is 0. The lowest BCUT2D eigenvalue weighted by Gasteiger charge is -2.44. The highest BCUT2D eigenvalue weighted by atomic mass is 32.2. The van der Waals surface area contributed by atoms with Crippen molar-refractivity contribution in [1.82, 2.24) is 4.31 Å². The average Bonchev–Trinajstić information content (AvgIpc) is 2.83. The van der Waals surface area contributed by atoms with Crippen molar-refractivity contribution >= 4 is 22.0 Å². The van der Waals surface area contributed by atoms with Crippen LogP contribution in [-0.2, 0) is 26.2 Å². The Morgan fingerprint density at radius 1 is 0.968 bits per heavy atom. The first-order chi connectivity index (χ1) is 15.1. The second-order valence-corrected chi connectivity index (χ2v) is 9.75. The van der Waals surface area contributed by atoms with Gasteiger partial charge in [-0.25, -0.2) is 8.42 Å². The number of anilines is 1. The Labute approximate surface area is 181 Å². The maximum absolute atomic E-state index is 13.2. The number of hydrogen-bond donors (Lipinski definition) is 0. The molecule has 2 aromatic rings. The molecule has 0 amide bonds. The van der Waals surface area contributed by atoms with Crippen molar-refractivity contribution in [3.8, 4) is 11.5 Å². The summed E-state index contributed by atoms with van der Waals surface area (Å²) in [6.45, 7) is 1.99. The van der Waals surface area contributed by atoms with Gasteiger partial charge in [-0.2, -0.15) is 4.31 Å². The van der Waals surface area contributed by atoms with Crippen LogP contribution in [0, 0.1) is 0 Å². The number of ether oxygens (including phenoxy) is 3. The Balaban J connectivity index is 1.34. The normalized spacial score (nSPS) is 22.1. The minimum Gasteiger partial charge on any atom is -0.486 e. The average molecular weight is 445 g/mol. The van der Waals surface area contributed by atoms with E-state index in [4.69, 9.17) is 14.2 Å². The molecule has 5 rings (SSSR count). The predicted molar refractivity (Wildman–Crippen MR) is 113 cm³/mol. The second kappa shape index (κ2) is 8.14. The van der Waals surface area contributed by atoms with Gasteiger partial charge in [-0.15, -0.1) is 0 Å². The molecule has 164 valence electrons. The van der Waals surface area contributed by atoms with Gasteiger partial charge in [0.15, 0.2) is 24.0 Å². The third-order valence-corrected chi connectivity index (χ3v) is 7.93. The van der Waals surface area contributed by atoms with Gasteiger partial charge in [-0.1, -0.05) is 18.2 Å². The molecule has 0 aromatic heterocycles. The number of carbonyl (C=O) groups is 1. The Morgan fingerprint density at radius 3 is 2.48 bits per heavy atom. The van der Waals surface area contributed by atoms with Crippen molar-refractivity contribution < 1.29 is 27.4 Å². The van der Waals surface area contributed by atoms with E-state index in [0.29, 0.717) is 57.3 Å². The van der Waals surface area contributed by atoms with Crippen LogP contribution >= 0.6 is 0 Å². The number of hydrogen-bond acceptors (Lipinski definition) is 7. The molecule has 0 bridgehead atoms. The zero-order valence-electron chi connectivity index (χ0n) is 17.0. The van der Waals surface area contributed by atoms with Crippen LogP contribution < -0.4 is 14.4 Å². The van der Waals surface area contributed by atoms with E-state index in [1.807, 2.05) is 29.2 Å². The molecule has 0 aliphatic carbocycles. The zero-order chi connectivity index (χ0) is 21.4. The van der Waals surface area contributed by atoms with E-state index in [0.717, 1.165) is 17.5 Å². The van der Waals surface area contributed by atoms with E-state index < -0.39 is 16.3 Å². The van der Waals surface area contributed by atoms with Gasteiger partial charge < -0.3 is 19.1 Å². The number of benzene rings is 2. The topological polar surface area (TPSA) is 85.4 Å². The summed E-state index contributed by atoms with van der Waals surface area (Å²) < 4.78 is 44.7. The first-order valence-corrected chi connectivity index (χ1v) is 11.8. The number of carbonyl (C=O) groups excluding carboxylic acids is 1. The lowest BCUT2D eigenvalue weighted by atomic mass is 10.0. The fraction of sp³-hybridized carbons (Fsp3) is 0.409. The fourth-order valence-corrected chi connectivity index (χ4v) is 5.97. The Morgan fingerprint density at radius 2 is 1.71 bits per heavy atom. The molecule has 0 saturated carbocycles. The van der Waals surface area contributed by atoms with Gasteiger partial charge in [0, 0.05) is 36.4 Å². The van der Waals surface area contributed by atoms with Crippen LogP contribution in [0.15, 0.2) is 47.4 Å². The van der Waals surface area contributed by atoms with Gasteiger partial charge in [-0.3, -0.25) is 4.79 Å². The molecule has 1 saturated heterocycles. The molecule has 0 radical (unpaired) electrons. The summed E-state index contributed by atoms with van der Waals surface area (Å²) in [5.41, 5.74) is 2.02. The van der Waals surface area contributed by atoms with Gasteiger partial charge in [0.25, 0.3) is 0 Å². The summed E-state index contributed by atoms with van der Waals surface area (Å²) in [4.78, 5) is 13.9. The number of fused-ring (bicyclic) bond motifs is 2. The van der Waals surface area contributed by atoms with Gasteiger partial charge in [0.05, 0.1) is 11.5 Å². The van der Waals surface area contributed by atoms with E-state index in [-0.39, 0.29) is 10.9 Å². The Kier molecular flexibility index (Phi) is 5.33. The number of rotatable bonds is 4. The van der Waals surface area contributed by atoms with Crippen molar-refractivity contribution in [3.05, 3.63) is 48.0 Å². The minimum absolute atomic E-state index is 0.0170. The maximum atomic E-state index is 13.2. The lowest BCUT2D eigenvalue weighted by Crippen LogP contribution is -2.53. The van der Waals surface area contributed by atoms with Gasteiger partial charge in [0.2, 0.25) is 10.0 Å². The van der Waals surface area contributed by atoms with E-state index >= 15 is 0 Å². The zero-order valence-corrected chi connectivity index (χ0v) is 17.8. The monoisotopic (exact) mass is 444 g/mol. The molecular weight excluding hydrogens is 420 g/mol. The van der Waals surface area contributed by atoms with Crippen molar-refractivity contribution in [1.29, 1.82) is 0 Å². The van der Waals surface area contributed by atoms with Crippen LogP contribution in [0.1, 0.15) is 18.4 Å². The van der Waals surface area contributed by atoms with Crippen LogP contribution in [0.25, 0.3) is 0 Å². The number of sulfonamides is 1. The van der Waals surface area contributed by atoms with E-state index in [9.17, 15) is 13.2 Å². The van der Waals surface area contributed by atoms with Crippen LogP contribution in [0.2, 0.25) is 0 Å². The molecule has 3 aliphatic heterocycles. The van der Waals surface area contributed by atoms with Crippen molar-refractivity contribution in [3.63, 3.8) is 0 Å². The van der Waals surface area contributed by atoms with Crippen LogP contribution in [0.3, 0.4) is 0 Å². The largest absolute Gasteiger partial charge is 0.486 e. The quantitative estimate of drug-likeness (QED) is 0.668. The minimum atomic E-state index is -3.65. The highest BCUT2D eigenvalue weighted by Gasteiger charge is 2.37. The number of para-hydroxylation sites is 1. The highest BCUT2D eigenvalue weighted by Crippen LogP contribution is 2.36. The third-order valence-electron chi connectivity index (χ3n) is 6.04. The van der Waals surface area contributed by atoms with Crippen molar-refractivity contribution in [2.75, 3.05) is 31.2 Å². The molecule has 8 nitrogen and oxygen atoms in total. The lowest BCUT2D eigenvalue weighted by molar-refractivity contribution is -0.120. The highest BCUT2D eigenvalue weighted by molar-refractivity contribution is 7.89. The predicted octanol–water partition coefficient (Wildman–Crippen LogP) is 2.17. The molecule has 31 heavy (non-hydrogen) atoms. The fourth-order valence-electron chi connectivity index (χ4n) is 4.48. The third kappa shape index (κ3) is 3.66. The second-order valence-electron chi connectivity index (χ2n) is 7.81. The first kappa shape index (κ1) is 20.3. The summed E-state index contributed by atoms with van der Waals surface area (Å²) in [5, 5.41) is 0. The molecule has 1 atom stereocenters. The van der Waals surface area contributed by atoms with Gasteiger partial charge in [-0.05, 0) is 31.0 Å². The van der Waals surface area contributed by atoms with Crippen LogP contribution in [0.4, 0.5) is 5.69 Å². The van der Waals surface area contributed by atoms with E-state index in [2.05, 4.69) is 0 Å². The van der Waals surface area contributed by atoms with Gasteiger partial charge in [0.1, 0.15) is 13.2 Å². The van der Waals surface area contributed by atoms with E-state index in [1.54, 1.807) is 12.1 Å². The molecule has 0 N–H and O–H groups in total. The Hall–Kier alpha value is -2.62. The van der Waals surface area contributed by atoms with Crippen molar-refractivity contribution in [2.24, 2.45) is 0 Å². The van der Waals surface area contributed by atoms with Gasteiger partial charge >= 0.3 is 0 Å². The van der Waals surface area contributed by atoms with Crippen LogP contribution in [-0.4, -0.2) is 57.6 Å². The summed E-state index contributed by atoms with van der Waals surface area (Å²) in [6.07, 6.45) is 1.37. The molecule has 3 aliphatic rings. The molecule has 9 heteroatoms. The number of aldehydes is 1. The summed E-state index contributed by atoms with van der Waals surface area (Å²) in [7, 11) is -3.65. The summed E-state index contributed by atoms with van der Waals surface area (Å²) in [6, 6.07) is 12.6. The Bertz CT molecular complexity index is 1080. The molecule has 0 spiro atoms. The molecular formula is C22H24N2O6S. The van der Waals surface area contributed by atoms with E-state index in [1.165, 1.54) is 10.4 Å².